The molecule has 0 spiro atoms. The zero-order valence-electron chi connectivity index (χ0n) is 19.7. The number of piperazine rings is 1. The number of hydrogen-bond acceptors (Lipinski definition) is 5. The lowest BCUT2D eigenvalue weighted by molar-refractivity contribution is -0.177. The molecule has 0 aliphatic carbocycles. The number of hydrogen-bond donors (Lipinski definition) is 1. The Kier molecular flexibility index (Phi) is 9.88. The average molecular weight is 436 g/mol. The largest absolute Gasteiger partial charge is 0.369 e. The first kappa shape index (κ1) is 24.3. The van der Waals surface area contributed by atoms with Crippen LogP contribution in [-0.4, -0.2) is 58.3 Å². The highest BCUT2D eigenvalue weighted by molar-refractivity contribution is 5.60. The van der Waals surface area contributed by atoms with Crippen molar-refractivity contribution in [3.8, 4) is 0 Å². The van der Waals surface area contributed by atoms with Gasteiger partial charge < -0.3 is 24.6 Å². The van der Waals surface area contributed by atoms with E-state index in [0.29, 0.717) is 12.0 Å². The second-order valence-corrected chi connectivity index (χ2v) is 9.08. The van der Waals surface area contributed by atoms with Crippen molar-refractivity contribution in [3.05, 3.63) is 24.0 Å². The van der Waals surface area contributed by atoms with E-state index in [1.807, 2.05) is 12.1 Å². The number of ether oxygens (including phenoxy) is 2. The van der Waals surface area contributed by atoms with Gasteiger partial charge in [0.05, 0.1) is 5.69 Å². The fourth-order valence-corrected chi connectivity index (χ4v) is 4.53. The van der Waals surface area contributed by atoms with Crippen LogP contribution in [0.25, 0.3) is 0 Å². The maximum Gasteiger partial charge on any atom is 0.160 e. The summed E-state index contributed by atoms with van der Waals surface area (Å²) >= 11 is 0. The molecule has 2 aliphatic heterocycles. The topological polar surface area (TPSA) is 37.0 Å². The zero-order valence-corrected chi connectivity index (χ0v) is 19.7. The van der Waals surface area contributed by atoms with E-state index in [4.69, 9.17) is 9.47 Å². The van der Waals surface area contributed by atoms with Crippen LogP contribution >= 0.6 is 0 Å². The second kappa shape index (κ2) is 12.6. The lowest BCUT2D eigenvalue weighted by Crippen LogP contribution is -2.49. The molecule has 1 N–H and O–H groups in total. The molecular weight excluding hydrogens is 393 g/mol. The third-order valence-corrected chi connectivity index (χ3v) is 6.49. The van der Waals surface area contributed by atoms with Crippen LogP contribution in [0.5, 0.6) is 0 Å². The molecule has 0 amide bonds. The Bertz CT molecular complexity index is 642. The summed E-state index contributed by atoms with van der Waals surface area (Å²) in [7, 11) is 0. The predicted molar refractivity (Wildman–Crippen MR) is 127 cm³/mol. The summed E-state index contributed by atoms with van der Waals surface area (Å²) in [4.78, 5) is 4.56. The summed E-state index contributed by atoms with van der Waals surface area (Å²) in [6.45, 7) is 12.6. The minimum absolute atomic E-state index is 0.125. The molecule has 0 bridgehead atoms. The van der Waals surface area contributed by atoms with E-state index in [1.165, 1.54) is 0 Å². The van der Waals surface area contributed by atoms with Crippen molar-refractivity contribution in [1.82, 2.24) is 5.32 Å². The minimum Gasteiger partial charge on any atom is -0.369 e. The molecule has 0 unspecified atom stereocenters. The van der Waals surface area contributed by atoms with Crippen LogP contribution in [0.3, 0.4) is 0 Å². The highest BCUT2D eigenvalue weighted by Crippen LogP contribution is 2.32. The monoisotopic (exact) mass is 435 g/mol. The molecule has 0 aromatic heterocycles. The molecule has 1 aromatic carbocycles. The van der Waals surface area contributed by atoms with Gasteiger partial charge >= 0.3 is 0 Å². The molecule has 2 fully saturated rings. The van der Waals surface area contributed by atoms with Crippen molar-refractivity contribution in [2.24, 2.45) is 5.92 Å². The second-order valence-electron chi connectivity index (χ2n) is 9.08. The maximum atomic E-state index is 14.7. The third kappa shape index (κ3) is 7.06. The van der Waals surface area contributed by atoms with Crippen LogP contribution in [-0.2, 0) is 9.47 Å². The van der Waals surface area contributed by atoms with Crippen molar-refractivity contribution >= 4 is 11.4 Å². The number of anilines is 2. The molecule has 1 atom stereocenters. The summed E-state index contributed by atoms with van der Waals surface area (Å²) in [5.41, 5.74) is 1.85. The summed E-state index contributed by atoms with van der Waals surface area (Å²) < 4.78 is 27.0. The highest BCUT2D eigenvalue weighted by atomic mass is 19.1. The quantitative estimate of drug-likeness (QED) is 0.399. The third-order valence-electron chi connectivity index (χ3n) is 6.49. The lowest BCUT2D eigenvalue weighted by atomic mass is 9.95. The van der Waals surface area contributed by atoms with E-state index < -0.39 is 0 Å². The Morgan fingerprint density at radius 2 is 1.71 bits per heavy atom. The van der Waals surface area contributed by atoms with Crippen molar-refractivity contribution in [1.29, 1.82) is 0 Å². The Morgan fingerprint density at radius 1 is 1.03 bits per heavy atom. The van der Waals surface area contributed by atoms with Gasteiger partial charge in [-0.3, -0.25) is 0 Å². The number of nitrogens with zero attached hydrogens (tertiary/aromatic N) is 2. The zero-order chi connectivity index (χ0) is 22.1. The first-order chi connectivity index (χ1) is 15.1. The Labute approximate surface area is 188 Å². The predicted octanol–water partition coefficient (Wildman–Crippen LogP) is 4.80. The standard InChI is InChI=1S/C25H42FN3O2/c1-4-6-16-30-25(31-17-7-5-2)21-10-13-28(14-11-21)24-18-22(8-9-23(24)26)29-15-12-27-20(3)19-29/h8-9,18,20-21,25,27H,4-7,10-17,19H2,1-3H3/t20-/m0/s1. The molecule has 5 nitrogen and oxygen atoms in total. The summed E-state index contributed by atoms with van der Waals surface area (Å²) in [6, 6.07) is 6.05. The van der Waals surface area contributed by atoms with Crippen LogP contribution < -0.4 is 15.1 Å². The van der Waals surface area contributed by atoms with E-state index >= 15 is 0 Å². The van der Waals surface area contributed by atoms with Crippen molar-refractivity contribution in [3.63, 3.8) is 0 Å². The molecule has 31 heavy (non-hydrogen) atoms. The first-order valence-corrected chi connectivity index (χ1v) is 12.4. The fourth-order valence-electron chi connectivity index (χ4n) is 4.53. The number of nitrogens with one attached hydrogen (secondary N) is 1. The van der Waals surface area contributed by atoms with Gasteiger partial charge in [0, 0.05) is 63.6 Å². The minimum atomic E-state index is -0.126. The Balaban J connectivity index is 1.60. The molecule has 0 saturated carbocycles. The maximum absolute atomic E-state index is 14.7. The van der Waals surface area contributed by atoms with Gasteiger partial charge in [0.15, 0.2) is 6.29 Å². The lowest BCUT2D eigenvalue weighted by Gasteiger charge is -2.38. The van der Waals surface area contributed by atoms with Gasteiger partial charge in [-0.25, -0.2) is 4.39 Å². The van der Waals surface area contributed by atoms with Gasteiger partial charge in [0.1, 0.15) is 5.82 Å². The van der Waals surface area contributed by atoms with Gasteiger partial charge in [-0.2, -0.15) is 0 Å². The number of benzene rings is 1. The molecule has 2 heterocycles. The highest BCUT2D eigenvalue weighted by Gasteiger charge is 2.29. The normalized spacial score (nSPS) is 20.6. The van der Waals surface area contributed by atoms with Crippen LogP contribution in [0.2, 0.25) is 0 Å². The molecule has 2 saturated heterocycles. The fraction of sp³-hybridized carbons (Fsp3) is 0.760. The van der Waals surface area contributed by atoms with E-state index in [9.17, 15) is 4.39 Å². The molecule has 2 aliphatic rings. The van der Waals surface area contributed by atoms with Crippen LogP contribution in [0.15, 0.2) is 18.2 Å². The Hall–Kier alpha value is -1.37. The first-order valence-electron chi connectivity index (χ1n) is 12.4. The van der Waals surface area contributed by atoms with Crippen LogP contribution in [0.1, 0.15) is 59.3 Å². The molecule has 3 rings (SSSR count). The van der Waals surface area contributed by atoms with Crippen LogP contribution in [0.4, 0.5) is 15.8 Å². The summed E-state index contributed by atoms with van der Waals surface area (Å²) in [5, 5.41) is 3.47. The van der Waals surface area contributed by atoms with Crippen molar-refractivity contribution in [2.75, 3.05) is 55.7 Å². The van der Waals surface area contributed by atoms with E-state index in [0.717, 1.165) is 95.8 Å². The van der Waals surface area contributed by atoms with Crippen molar-refractivity contribution < 1.29 is 13.9 Å². The SMILES string of the molecule is CCCCOC(OCCCC)C1CCN(c2cc(N3CCN[C@@H](C)C3)ccc2F)CC1. The smallest absolute Gasteiger partial charge is 0.160 e. The molecule has 0 radical (unpaired) electrons. The molecule has 6 heteroatoms. The van der Waals surface area contributed by atoms with Crippen LogP contribution in [0, 0.1) is 11.7 Å². The van der Waals surface area contributed by atoms with Gasteiger partial charge in [0.2, 0.25) is 0 Å². The van der Waals surface area contributed by atoms with E-state index in [1.54, 1.807) is 6.07 Å². The van der Waals surface area contributed by atoms with Gasteiger partial charge in [-0.05, 0) is 50.8 Å². The molecule has 176 valence electrons. The van der Waals surface area contributed by atoms with Gasteiger partial charge in [0.25, 0.3) is 0 Å². The van der Waals surface area contributed by atoms with E-state index in [2.05, 4.69) is 35.9 Å². The number of halogens is 1. The molecular formula is C25H42FN3O2. The number of piperidine rings is 1. The van der Waals surface area contributed by atoms with Crippen molar-refractivity contribution in [2.45, 2.75) is 71.6 Å². The van der Waals surface area contributed by atoms with Gasteiger partial charge in [-0.15, -0.1) is 0 Å². The number of unbranched alkanes of at least 4 members (excludes halogenated alkanes) is 2. The molecule has 1 aromatic rings. The summed E-state index contributed by atoms with van der Waals surface area (Å²) in [5.74, 6) is 0.255. The van der Waals surface area contributed by atoms with E-state index in [-0.39, 0.29) is 12.1 Å². The number of rotatable bonds is 11. The average Bonchev–Trinajstić information content (AvgIpc) is 2.79. The Morgan fingerprint density at radius 3 is 2.32 bits per heavy atom. The summed E-state index contributed by atoms with van der Waals surface area (Å²) in [6.07, 6.45) is 6.20. The van der Waals surface area contributed by atoms with Gasteiger partial charge in [-0.1, -0.05) is 26.7 Å².